The quantitative estimate of drug-likeness (QED) is 0.392. The Kier molecular flexibility index (Phi) is 5.89. The van der Waals surface area contributed by atoms with Crippen LogP contribution in [0.4, 0.5) is 0 Å². The molecule has 0 aromatic heterocycles. The fourth-order valence-corrected chi connectivity index (χ4v) is 0. The predicted molar refractivity (Wildman–Crippen MR) is 23.2 cm³/mol. The molecular formula is CH4O3SSr. The van der Waals surface area contributed by atoms with E-state index in [9.17, 15) is 8.42 Å². The fraction of sp³-hybridized carbons (Fsp3) is 1.00. The second-order valence-corrected chi connectivity index (χ2v) is 2.20. The van der Waals surface area contributed by atoms with Gasteiger partial charge in [-0.05, 0) is 0 Å². The first kappa shape index (κ1) is 10.4. The summed E-state index contributed by atoms with van der Waals surface area (Å²) in [6.45, 7) is 0. The van der Waals surface area contributed by atoms with Gasteiger partial charge in [-0.15, -0.1) is 0 Å². The molecule has 5 heteroatoms. The molecule has 0 aliphatic carbocycles. The number of hydrogen-bond acceptors (Lipinski definition) is 2. The van der Waals surface area contributed by atoms with Crippen molar-refractivity contribution in [2.45, 2.75) is 0 Å². The molecule has 34 valence electrons. The molecule has 0 bridgehead atoms. The molecule has 6 heavy (non-hydrogen) atoms. The first-order chi connectivity index (χ1) is 2.00. The minimum atomic E-state index is -3.67. The molecule has 0 atom stereocenters. The average Bonchev–Trinajstić information content (AvgIpc) is 0.722. The molecule has 0 spiro atoms. The van der Waals surface area contributed by atoms with Gasteiger partial charge in [-0.3, -0.25) is 4.55 Å². The molecule has 0 saturated carbocycles. The van der Waals surface area contributed by atoms with Crippen LogP contribution in [-0.4, -0.2) is 64.7 Å². The van der Waals surface area contributed by atoms with Crippen LogP contribution in [0.1, 0.15) is 0 Å². The van der Waals surface area contributed by atoms with E-state index in [1.54, 1.807) is 0 Å². The molecule has 0 heterocycles. The van der Waals surface area contributed by atoms with Crippen LogP contribution in [0, 0.1) is 0 Å². The summed E-state index contributed by atoms with van der Waals surface area (Å²) >= 11 is 0. The van der Waals surface area contributed by atoms with Crippen molar-refractivity contribution in [3.63, 3.8) is 0 Å². The van der Waals surface area contributed by atoms with E-state index in [0.717, 1.165) is 0 Å². The number of hydrogen-bond donors (Lipinski definition) is 1. The van der Waals surface area contributed by atoms with Crippen molar-refractivity contribution in [2.24, 2.45) is 0 Å². The maximum atomic E-state index is 9.19. The van der Waals surface area contributed by atoms with Crippen LogP contribution >= 0.6 is 0 Å². The summed E-state index contributed by atoms with van der Waals surface area (Å²) in [4.78, 5) is 0. The largest absolute Gasteiger partial charge is 0.286 e. The monoisotopic (exact) mass is 184 g/mol. The smallest absolute Gasteiger partial charge is 0.261 e. The Balaban J connectivity index is 0. The van der Waals surface area contributed by atoms with Crippen molar-refractivity contribution in [1.29, 1.82) is 0 Å². The first-order valence-corrected chi connectivity index (χ1v) is 2.77. The molecule has 2 radical (unpaired) electrons. The van der Waals surface area contributed by atoms with Gasteiger partial charge in [0.1, 0.15) is 0 Å². The Hall–Kier alpha value is 1.39. The normalized spacial score (nSPS) is 9.67. The van der Waals surface area contributed by atoms with Crippen LogP contribution in [0.3, 0.4) is 0 Å². The first-order valence-electron chi connectivity index (χ1n) is 0.924. The predicted octanol–water partition coefficient (Wildman–Crippen LogP) is -0.877. The Morgan fingerprint density at radius 2 is 1.50 bits per heavy atom. The van der Waals surface area contributed by atoms with E-state index in [1.165, 1.54) is 0 Å². The summed E-state index contributed by atoms with van der Waals surface area (Å²) < 4.78 is 25.9. The molecule has 1 N–H and O–H groups in total. The summed E-state index contributed by atoms with van der Waals surface area (Å²) in [5.41, 5.74) is 0. The van der Waals surface area contributed by atoms with Crippen LogP contribution in [0.5, 0.6) is 0 Å². The molecule has 0 aliphatic heterocycles. The minimum absolute atomic E-state index is 0. The van der Waals surface area contributed by atoms with Crippen molar-refractivity contribution in [3.05, 3.63) is 0 Å². The fourth-order valence-electron chi connectivity index (χ4n) is 0. The Labute approximate surface area is 73.8 Å². The van der Waals surface area contributed by atoms with E-state index >= 15 is 0 Å². The minimum Gasteiger partial charge on any atom is -0.286 e. The molecule has 0 rings (SSSR count). The molecule has 0 saturated heterocycles. The molecule has 0 fully saturated rings. The van der Waals surface area contributed by atoms with E-state index in [4.69, 9.17) is 4.55 Å². The maximum Gasteiger partial charge on any atom is 0.261 e. The third-order valence-electron chi connectivity index (χ3n) is 0. The molecule has 0 aromatic carbocycles. The summed E-state index contributed by atoms with van der Waals surface area (Å²) in [7, 11) is -3.67. The Bertz CT molecular complexity index is 94.0. The summed E-state index contributed by atoms with van der Waals surface area (Å²) in [5.74, 6) is 0. The third-order valence-corrected chi connectivity index (χ3v) is 0. The molecule has 3 nitrogen and oxygen atoms in total. The van der Waals surface area contributed by atoms with E-state index in [2.05, 4.69) is 0 Å². The van der Waals surface area contributed by atoms with Crippen molar-refractivity contribution in [3.8, 4) is 0 Å². The second kappa shape index (κ2) is 3.40. The van der Waals surface area contributed by atoms with Crippen molar-refractivity contribution in [2.75, 3.05) is 6.26 Å². The van der Waals surface area contributed by atoms with Crippen molar-refractivity contribution >= 4 is 55.6 Å². The van der Waals surface area contributed by atoms with Gasteiger partial charge in [0, 0.05) is 45.5 Å². The molecule has 0 aromatic rings. The topological polar surface area (TPSA) is 54.4 Å². The van der Waals surface area contributed by atoms with Gasteiger partial charge in [0.05, 0.1) is 6.26 Å². The van der Waals surface area contributed by atoms with Crippen LogP contribution in [-0.2, 0) is 10.1 Å². The van der Waals surface area contributed by atoms with E-state index in [0.29, 0.717) is 6.26 Å². The van der Waals surface area contributed by atoms with Crippen LogP contribution in [0.15, 0.2) is 0 Å². The maximum absolute atomic E-state index is 9.19. The van der Waals surface area contributed by atoms with Crippen LogP contribution < -0.4 is 0 Å². The molecular weight excluding hydrogens is 180 g/mol. The Morgan fingerprint density at radius 3 is 1.50 bits per heavy atom. The van der Waals surface area contributed by atoms with Crippen molar-refractivity contribution in [1.82, 2.24) is 0 Å². The average molecular weight is 184 g/mol. The van der Waals surface area contributed by atoms with Gasteiger partial charge in [0.25, 0.3) is 10.1 Å². The van der Waals surface area contributed by atoms with Crippen molar-refractivity contribution < 1.29 is 13.0 Å². The molecule has 0 aliphatic rings. The summed E-state index contributed by atoms with van der Waals surface area (Å²) in [6, 6.07) is 0. The zero-order valence-electron chi connectivity index (χ0n) is 3.38. The van der Waals surface area contributed by atoms with Gasteiger partial charge in [0.15, 0.2) is 0 Å². The standard InChI is InChI=1S/CH4O3S.Sr/c1-5(2,3)4;/h1H3,(H,2,3,4);. The molecule has 0 amide bonds. The van der Waals surface area contributed by atoms with Gasteiger partial charge in [-0.2, -0.15) is 8.42 Å². The van der Waals surface area contributed by atoms with E-state index in [1.807, 2.05) is 0 Å². The zero-order valence-corrected chi connectivity index (χ0v) is 7.67. The SMILES string of the molecule is CS(=O)(=O)O.[Sr]. The van der Waals surface area contributed by atoms with E-state index < -0.39 is 10.1 Å². The Morgan fingerprint density at radius 1 is 1.50 bits per heavy atom. The summed E-state index contributed by atoms with van der Waals surface area (Å²) in [6.07, 6.45) is 0.715. The zero-order chi connectivity index (χ0) is 4.50. The van der Waals surface area contributed by atoms with Crippen LogP contribution in [0.2, 0.25) is 0 Å². The molecule has 0 unspecified atom stereocenters. The van der Waals surface area contributed by atoms with Gasteiger partial charge >= 0.3 is 0 Å². The van der Waals surface area contributed by atoms with Gasteiger partial charge in [-0.1, -0.05) is 0 Å². The van der Waals surface area contributed by atoms with E-state index in [-0.39, 0.29) is 45.5 Å². The van der Waals surface area contributed by atoms with Crippen LogP contribution in [0.25, 0.3) is 0 Å². The van der Waals surface area contributed by atoms with Gasteiger partial charge in [-0.25, -0.2) is 0 Å². The number of rotatable bonds is 0. The summed E-state index contributed by atoms with van der Waals surface area (Å²) in [5, 5.41) is 0. The van der Waals surface area contributed by atoms with Gasteiger partial charge < -0.3 is 0 Å². The van der Waals surface area contributed by atoms with Gasteiger partial charge in [0.2, 0.25) is 0 Å². The second-order valence-electron chi connectivity index (χ2n) is 0.733. The third kappa shape index (κ3) is 53.7.